The molecule has 10 heteroatoms. The summed E-state index contributed by atoms with van der Waals surface area (Å²) < 4.78 is 37.8. The Labute approximate surface area is 167 Å². The molecule has 0 saturated heterocycles. The monoisotopic (exact) mass is 415 g/mol. The van der Waals surface area contributed by atoms with Crippen LogP contribution in [0, 0.1) is 12.7 Å². The number of amides is 1. The number of aromatic nitrogens is 3. The lowest BCUT2D eigenvalue weighted by Crippen LogP contribution is -2.07. The summed E-state index contributed by atoms with van der Waals surface area (Å²) in [5.41, 5.74) is 1.79. The number of nitrogens with one attached hydrogen (secondary N) is 2. The van der Waals surface area contributed by atoms with Crippen molar-refractivity contribution in [2.24, 2.45) is 0 Å². The lowest BCUT2D eigenvalue weighted by molar-refractivity contribution is -0.114. The number of carbonyl (C=O) groups excluding carboxylic acids is 1. The van der Waals surface area contributed by atoms with Crippen molar-refractivity contribution in [1.29, 1.82) is 0 Å². The van der Waals surface area contributed by atoms with Crippen LogP contribution in [0.1, 0.15) is 12.5 Å². The fourth-order valence-corrected chi connectivity index (χ4v) is 3.18. The molecule has 3 heterocycles. The lowest BCUT2D eigenvalue weighted by atomic mass is 10.1. The molecule has 0 fully saturated rings. The Bertz CT molecular complexity index is 1180. The molecule has 0 saturated carbocycles. The molecule has 0 unspecified atom stereocenters. The molecule has 0 bridgehead atoms. The largest absolute Gasteiger partial charge is 0.338 e. The van der Waals surface area contributed by atoms with E-state index in [-0.39, 0.29) is 22.4 Å². The number of sulfone groups is 1. The van der Waals surface area contributed by atoms with Crippen molar-refractivity contribution in [1.82, 2.24) is 15.0 Å². The zero-order valence-electron chi connectivity index (χ0n) is 15.9. The van der Waals surface area contributed by atoms with Crippen LogP contribution in [0.15, 0.2) is 47.8 Å². The number of pyridine rings is 3. The van der Waals surface area contributed by atoms with E-state index in [9.17, 15) is 17.6 Å². The van der Waals surface area contributed by atoms with Crippen molar-refractivity contribution in [2.75, 3.05) is 16.9 Å². The zero-order valence-corrected chi connectivity index (χ0v) is 16.7. The van der Waals surface area contributed by atoms with Gasteiger partial charge in [-0.2, -0.15) is 0 Å². The number of anilines is 3. The van der Waals surface area contributed by atoms with E-state index >= 15 is 0 Å². The second-order valence-corrected chi connectivity index (χ2v) is 8.39. The summed E-state index contributed by atoms with van der Waals surface area (Å²) in [4.78, 5) is 23.3. The first kappa shape index (κ1) is 20.3. The normalized spacial score (nSPS) is 11.2. The van der Waals surface area contributed by atoms with Crippen LogP contribution in [0.25, 0.3) is 11.3 Å². The van der Waals surface area contributed by atoms with Crippen molar-refractivity contribution in [3.63, 3.8) is 0 Å². The standard InChI is InChI=1S/C19H18FN5O3S/c1-11-6-18(25-19(7-11)29(3,27)28)24-16-8-15(21-10-14(16)20)13-4-5-17(22-9-13)23-12(2)26/h4-10H,1-3H3,(H,21,24,25)(H,22,23,26). The summed E-state index contributed by atoms with van der Waals surface area (Å²) >= 11 is 0. The molecule has 29 heavy (non-hydrogen) atoms. The van der Waals surface area contributed by atoms with Crippen LogP contribution in [-0.4, -0.2) is 35.5 Å². The molecular formula is C19H18FN5O3S. The predicted molar refractivity (Wildman–Crippen MR) is 107 cm³/mol. The molecular weight excluding hydrogens is 397 g/mol. The van der Waals surface area contributed by atoms with Crippen molar-refractivity contribution < 1.29 is 17.6 Å². The summed E-state index contributed by atoms with van der Waals surface area (Å²) in [5.74, 6) is -0.281. The van der Waals surface area contributed by atoms with E-state index in [1.807, 2.05) is 0 Å². The molecule has 0 atom stereocenters. The number of hydrogen-bond acceptors (Lipinski definition) is 7. The smallest absolute Gasteiger partial charge is 0.222 e. The molecule has 3 rings (SSSR count). The lowest BCUT2D eigenvalue weighted by Gasteiger charge is -2.11. The van der Waals surface area contributed by atoms with Crippen LogP contribution in [0.3, 0.4) is 0 Å². The first-order valence-corrected chi connectivity index (χ1v) is 10.4. The Morgan fingerprint density at radius 1 is 1.07 bits per heavy atom. The highest BCUT2D eigenvalue weighted by Gasteiger charge is 2.13. The molecule has 3 aromatic rings. The highest BCUT2D eigenvalue weighted by atomic mass is 32.2. The topological polar surface area (TPSA) is 114 Å². The Morgan fingerprint density at radius 3 is 2.45 bits per heavy atom. The van der Waals surface area contributed by atoms with Gasteiger partial charge in [0.1, 0.15) is 11.6 Å². The van der Waals surface area contributed by atoms with Crippen molar-refractivity contribution in [2.45, 2.75) is 18.9 Å². The van der Waals surface area contributed by atoms with Gasteiger partial charge in [-0.1, -0.05) is 0 Å². The van der Waals surface area contributed by atoms with E-state index in [4.69, 9.17) is 0 Å². The Morgan fingerprint density at radius 2 is 1.83 bits per heavy atom. The van der Waals surface area contributed by atoms with Crippen LogP contribution in [-0.2, 0) is 14.6 Å². The number of aryl methyl sites for hydroxylation is 1. The number of nitrogens with zero attached hydrogens (tertiary/aromatic N) is 3. The maximum absolute atomic E-state index is 14.3. The van der Waals surface area contributed by atoms with Crippen LogP contribution >= 0.6 is 0 Å². The quantitative estimate of drug-likeness (QED) is 0.658. The van der Waals surface area contributed by atoms with Crippen molar-refractivity contribution >= 4 is 33.1 Å². The average Bonchev–Trinajstić information content (AvgIpc) is 2.62. The molecule has 0 aliphatic heterocycles. The van der Waals surface area contributed by atoms with E-state index in [2.05, 4.69) is 25.6 Å². The van der Waals surface area contributed by atoms with Gasteiger partial charge in [0.15, 0.2) is 20.7 Å². The predicted octanol–water partition coefficient (Wildman–Crippen LogP) is 3.09. The minimum absolute atomic E-state index is 0.0819. The van der Waals surface area contributed by atoms with E-state index < -0.39 is 15.7 Å². The number of rotatable bonds is 5. The van der Waals surface area contributed by atoms with E-state index in [0.717, 1.165) is 12.5 Å². The molecule has 0 radical (unpaired) electrons. The van der Waals surface area contributed by atoms with Crippen LogP contribution < -0.4 is 10.6 Å². The second-order valence-electron chi connectivity index (χ2n) is 6.43. The third kappa shape index (κ3) is 5.11. The van der Waals surface area contributed by atoms with Crippen LogP contribution in [0.5, 0.6) is 0 Å². The molecule has 0 aromatic carbocycles. The molecule has 0 aliphatic rings. The SMILES string of the molecule is CC(=O)Nc1ccc(-c2cc(Nc3cc(C)cc(S(C)(=O)=O)n3)c(F)cn2)cn1. The van der Waals surface area contributed by atoms with Gasteiger partial charge in [0.25, 0.3) is 0 Å². The summed E-state index contributed by atoms with van der Waals surface area (Å²) in [7, 11) is -3.51. The van der Waals surface area contributed by atoms with Gasteiger partial charge in [-0.25, -0.2) is 22.8 Å². The zero-order chi connectivity index (χ0) is 21.2. The van der Waals surface area contributed by atoms with E-state index in [1.54, 1.807) is 25.1 Å². The number of halogens is 1. The summed E-state index contributed by atoms with van der Waals surface area (Å²) in [5, 5.41) is 5.26. The summed E-state index contributed by atoms with van der Waals surface area (Å²) in [6.07, 6.45) is 3.61. The van der Waals surface area contributed by atoms with Crippen molar-refractivity contribution in [3.05, 3.63) is 54.1 Å². The molecule has 1 amide bonds. The Balaban J connectivity index is 1.92. The molecule has 0 aliphatic carbocycles. The van der Waals surface area contributed by atoms with E-state index in [1.165, 1.54) is 25.3 Å². The summed E-state index contributed by atoms with van der Waals surface area (Å²) in [6, 6.07) is 7.81. The fraction of sp³-hybridized carbons (Fsp3) is 0.158. The minimum Gasteiger partial charge on any atom is -0.338 e. The van der Waals surface area contributed by atoms with Crippen molar-refractivity contribution in [3.8, 4) is 11.3 Å². The molecule has 8 nitrogen and oxygen atoms in total. The molecule has 150 valence electrons. The van der Waals surface area contributed by atoms with Gasteiger partial charge in [-0.15, -0.1) is 0 Å². The third-order valence-electron chi connectivity index (χ3n) is 3.81. The number of carbonyl (C=O) groups is 1. The van der Waals surface area contributed by atoms with E-state index in [0.29, 0.717) is 22.6 Å². The second kappa shape index (κ2) is 7.92. The van der Waals surface area contributed by atoms with Gasteiger partial charge in [-0.3, -0.25) is 9.78 Å². The van der Waals surface area contributed by atoms with Gasteiger partial charge >= 0.3 is 0 Å². The first-order valence-electron chi connectivity index (χ1n) is 8.47. The van der Waals surface area contributed by atoms with Gasteiger partial charge in [0, 0.05) is 24.9 Å². The molecule has 3 aromatic heterocycles. The maximum Gasteiger partial charge on any atom is 0.222 e. The van der Waals surface area contributed by atoms with Gasteiger partial charge < -0.3 is 10.6 Å². The van der Waals surface area contributed by atoms with Crippen LogP contribution in [0.2, 0.25) is 0 Å². The average molecular weight is 415 g/mol. The Kier molecular flexibility index (Phi) is 5.55. The highest BCUT2D eigenvalue weighted by Crippen LogP contribution is 2.26. The van der Waals surface area contributed by atoms with Crippen LogP contribution in [0.4, 0.5) is 21.7 Å². The van der Waals surface area contributed by atoms with Gasteiger partial charge in [0.2, 0.25) is 5.91 Å². The first-order chi connectivity index (χ1) is 13.6. The Hall–Kier alpha value is -3.40. The molecule has 0 spiro atoms. The fourth-order valence-electron chi connectivity index (χ4n) is 2.52. The number of hydrogen-bond donors (Lipinski definition) is 2. The van der Waals surface area contributed by atoms with Gasteiger partial charge in [0.05, 0.1) is 17.6 Å². The summed E-state index contributed by atoms with van der Waals surface area (Å²) in [6.45, 7) is 3.10. The van der Waals surface area contributed by atoms with Gasteiger partial charge in [-0.05, 0) is 42.8 Å². The minimum atomic E-state index is -3.51. The highest BCUT2D eigenvalue weighted by molar-refractivity contribution is 7.90. The third-order valence-corrected chi connectivity index (χ3v) is 4.78. The maximum atomic E-state index is 14.3. The molecule has 2 N–H and O–H groups in total.